The molecule has 0 aromatic heterocycles. The summed E-state index contributed by atoms with van der Waals surface area (Å²) in [5.41, 5.74) is 4.71. The zero-order valence-electron chi connectivity index (χ0n) is 8.29. The van der Waals surface area contributed by atoms with Crippen LogP contribution >= 0.6 is 0 Å². The molecular formula is C8H16N4O. The third-order valence-electron chi connectivity index (χ3n) is 2.49. The minimum atomic E-state index is -0.682. The highest BCUT2D eigenvalue weighted by molar-refractivity contribution is 5.91. The van der Waals surface area contributed by atoms with Crippen molar-refractivity contribution in [1.29, 1.82) is 5.41 Å². The Kier molecular flexibility index (Phi) is 2.19. The standard InChI is InChI=1S/C8H16N4O/c1-8(2)6(13)11(3)4-5-12(8)7(9)10/h4-5H2,1-3H3,(H3,9,10). The van der Waals surface area contributed by atoms with Crippen LogP contribution in [0.3, 0.4) is 0 Å². The highest BCUT2D eigenvalue weighted by atomic mass is 16.2. The zero-order chi connectivity index (χ0) is 10.2. The molecule has 0 aromatic rings. The molecule has 1 aliphatic heterocycles. The van der Waals surface area contributed by atoms with Crippen LogP contribution in [-0.2, 0) is 4.79 Å². The zero-order valence-corrected chi connectivity index (χ0v) is 8.29. The number of hydrogen-bond acceptors (Lipinski definition) is 2. The number of rotatable bonds is 0. The molecule has 1 rings (SSSR count). The lowest BCUT2D eigenvalue weighted by molar-refractivity contribution is -0.143. The lowest BCUT2D eigenvalue weighted by Gasteiger charge is -2.44. The number of carbonyl (C=O) groups excluding carboxylic acids is 1. The van der Waals surface area contributed by atoms with Crippen molar-refractivity contribution < 1.29 is 4.79 Å². The maximum Gasteiger partial charge on any atom is 0.247 e. The Hall–Kier alpha value is -1.26. The van der Waals surface area contributed by atoms with Crippen LogP contribution in [0.25, 0.3) is 0 Å². The highest BCUT2D eigenvalue weighted by Crippen LogP contribution is 2.20. The van der Waals surface area contributed by atoms with Crippen LogP contribution in [-0.4, -0.2) is 47.3 Å². The van der Waals surface area contributed by atoms with E-state index in [4.69, 9.17) is 11.1 Å². The van der Waals surface area contributed by atoms with Crippen molar-refractivity contribution in [2.24, 2.45) is 5.73 Å². The maximum atomic E-state index is 11.7. The molecule has 1 saturated heterocycles. The molecule has 0 aromatic carbocycles. The molecule has 0 saturated carbocycles. The van der Waals surface area contributed by atoms with Gasteiger partial charge in [-0.15, -0.1) is 0 Å². The Morgan fingerprint density at radius 3 is 2.54 bits per heavy atom. The summed E-state index contributed by atoms with van der Waals surface area (Å²) in [6.07, 6.45) is 0. The molecule has 5 heteroatoms. The molecule has 74 valence electrons. The second-order valence-electron chi connectivity index (χ2n) is 3.82. The number of guanidine groups is 1. The first kappa shape index (κ1) is 9.83. The third kappa shape index (κ3) is 1.46. The second-order valence-corrected chi connectivity index (χ2v) is 3.82. The number of nitrogens with two attached hydrogens (primary N) is 1. The Morgan fingerprint density at radius 2 is 2.08 bits per heavy atom. The summed E-state index contributed by atoms with van der Waals surface area (Å²) in [6, 6.07) is 0. The summed E-state index contributed by atoms with van der Waals surface area (Å²) >= 11 is 0. The number of likely N-dealkylation sites (N-methyl/N-ethyl adjacent to an activating group) is 1. The van der Waals surface area contributed by atoms with Gasteiger partial charge < -0.3 is 15.5 Å². The Morgan fingerprint density at radius 1 is 1.54 bits per heavy atom. The van der Waals surface area contributed by atoms with E-state index >= 15 is 0 Å². The molecule has 0 spiro atoms. The van der Waals surface area contributed by atoms with Crippen LogP contribution in [0.2, 0.25) is 0 Å². The summed E-state index contributed by atoms with van der Waals surface area (Å²) in [5, 5.41) is 7.33. The van der Waals surface area contributed by atoms with E-state index in [-0.39, 0.29) is 11.9 Å². The van der Waals surface area contributed by atoms with Crippen LogP contribution in [0.5, 0.6) is 0 Å². The van der Waals surface area contributed by atoms with Crippen LogP contribution in [0.1, 0.15) is 13.8 Å². The summed E-state index contributed by atoms with van der Waals surface area (Å²) in [5.74, 6) is -0.0274. The minimum Gasteiger partial charge on any atom is -0.370 e. The molecular weight excluding hydrogens is 168 g/mol. The van der Waals surface area contributed by atoms with Gasteiger partial charge in [0.25, 0.3) is 0 Å². The van der Waals surface area contributed by atoms with Gasteiger partial charge in [-0.2, -0.15) is 0 Å². The second kappa shape index (κ2) is 2.90. The molecule has 0 bridgehead atoms. The molecule has 3 N–H and O–H groups in total. The molecule has 1 amide bonds. The van der Waals surface area contributed by atoms with Crippen molar-refractivity contribution in [3.8, 4) is 0 Å². The van der Waals surface area contributed by atoms with Gasteiger partial charge in [-0.1, -0.05) is 0 Å². The lowest BCUT2D eigenvalue weighted by atomic mass is 9.98. The van der Waals surface area contributed by atoms with E-state index in [1.807, 2.05) is 0 Å². The van der Waals surface area contributed by atoms with Crippen molar-refractivity contribution in [2.45, 2.75) is 19.4 Å². The van der Waals surface area contributed by atoms with E-state index in [1.165, 1.54) is 0 Å². The average molecular weight is 184 g/mol. The van der Waals surface area contributed by atoms with Gasteiger partial charge in [0.05, 0.1) is 0 Å². The summed E-state index contributed by atoms with van der Waals surface area (Å²) in [7, 11) is 1.77. The fraction of sp³-hybridized carbons (Fsp3) is 0.750. The van der Waals surface area contributed by atoms with E-state index in [0.29, 0.717) is 13.1 Å². The van der Waals surface area contributed by atoms with Gasteiger partial charge >= 0.3 is 0 Å². The topological polar surface area (TPSA) is 73.4 Å². The smallest absolute Gasteiger partial charge is 0.247 e. The van der Waals surface area contributed by atoms with Crippen LogP contribution in [0, 0.1) is 5.41 Å². The van der Waals surface area contributed by atoms with E-state index in [9.17, 15) is 4.79 Å². The van der Waals surface area contributed by atoms with Gasteiger partial charge in [0, 0.05) is 20.1 Å². The molecule has 0 aliphatic carbocycles. The SMILES string of the molecule is CN1CCN(C(=N)N)C(C)(C)C1=O. The number of piperazine rings is 1. The number of hydrogen-bond donors (Lipinski definition) is 2. The van der Waals surface area contributed by atoms with E-state index in [0.717, 1.165) is 0 Å². The largest absolute Gasteiger partial charge is 0.370 e. The van der Waals surface area contributed by atoms with Gasteiger partial charge in [-0.3, -0.25) is 10.2 Å². The number of nitrogens with one attached hydrogen (secondary N) is 1. The summed E-state index contributed by atoms with van der Waals surface area (Å²) in [4.78, 5) is 15.0. The minimum absolute atomic E-state index is 0.00829. The Bertz CT molecular complexity index is 249. The molecule has 0 radical (unpaired) electrons. The van der Waals surface area contributed by atoms with Gasteiger partial charge in [0.15, 0.2) is 5.96 Å². The predicted octanol–water partition coefficient (Wildman–Crippen LogP) is -0.568. The first-order valence-electron chi connectivity index (χ1n) is 4.24. The van der Waals surface area contributed by atoms with Crippen LogP contribution in [0.15, 0.2) is 0 Å². The van der Waals surface area contributed by atoms with Gasteiger partial charge in [-0.05, 0) is 13.8 Å². The quantitative estimate of drug-likeness (QED) is 0.391. The normalized spacial score (nSPS) is 21.9. The molecule has 5 nitrogen and oxygen atoms in total. The molecule has 0 atom stereocenters. The molecule has 13 heavy (non-hydrogen) atoms. The Balaban J connectivity index is 2.92. The monoisotopic (exact) mass is 184 g/mol. The van der Waals surface area contributed by atoms with Gasteiger partial charge in [0.2, 0.25) is 5.91 Å². The predicted molar refractivity (Wildman–Crippen MR) is 50.3 cm³/mol. The van der Waals surface area contributed by atoms with E-state index in [2.05, 4.69) is 0 Å². The van der Waals surface area contributed by atoms with Crippen LogP contribution < -0.4 is 5.73 Å². The molecule has 0 unspecified atom stereocenters. The summed E-state index contributed by atoms with van der Waals surface area (Å²) < 4.78 is 0. The lowest BCUT2D eigenvalue weighted by Crippen LogP contribution is -2.64. The Labute approximate surface area is 78.0 Å². The highest BCUT2D eigenvalue weighted by Gasteiger charge is 2.41. The molecule has 1 fully saturated rings. The summed E-state index contributed by atoms with van der Waals surface area (Å²) in [6.45, 7) is 4.82. The van der Waals surface area contributed by atoms with Crippen molar-refractivity contribution in [3.63, 3.8) is 0 Å². The third-order valence-corrected chi connectivity index (χ3v) is 2.49. The van der Waals surface area contributed by atoms with E-state index in [1.54, 1.807) is 30.7 Å². The number of amides is 1. The van der Waals surface area contributed by atoms with E-state index < -0.39 is 5.54 Å². The fourth-order valence-corrected chi connectivity index (χ4v) is 1.64. The van der Waals surface area contributed by atoms with Gasteiger partial charge in [-0.25, -0.2) is 0 Å². The van der Waals surface area contributed by atoms with Gasteiger partial charge in [0.1, 0.15) is 5.54 Å². The molecule has 1 heterocycles. The van der Waals surface area contributed by atoms with Crippen molar-refractivity contribution >= 4 is 11.9 Å². The first-order chi connectivity index (χ1) is 5.87. The van der Waals surface area contributed by atoms with Crippen molar-refractivity contribution in [1.82, 2.24) is 9.80 Å². The maximum absolute atomic E-state index is 11.7. The first-order valence-corrected chi connectivity index (χ1v) is 4.24. The molecule has 1 aliphatic rings. The number of carbonyl (C=O) groups is 1. The van der Waals surface area contributed by atoms with Crippen molar-refractivity contribution in [2.75, 3.05) is 20.1 Å². The average Bonchev–Trinajstić information content (AvgIpc) is 1.99. The van der Waals surface area contributed by atoms with Crippen LogP contribution in [0.4, 0.5) is 0 Å². The fourth-order valence-electron chi connectivity index (χ4n) is 1.64. The van der Waals surface area contributed by atoms with Crippen molar-refractivity contribution in [3.05, 3.63) is 0 Å². The number of nitrogens with zero attached hydrogens (tertiary/aromatic N) is 2.